The summed E-state index contributed by atoms with van der Waals surface area (Å²) in [7, 11) is -2.67. The molecule has 0 amide bonds. The van der Waals surface area contributed by atoms with Crippen LogP contribution in [0.15, 0.2) is 41.6 Å². The fourth-order valence-corrected chi connectivity index (χ4v) is 3.49. The van der Waals surface area contributed by atoms with Crippen LogP contribution in [0.3, 0.4) is 0 Å². The Morgan fingerprint density at radius 3 is 2.50 bits per heavy atom. The van der Waals surface area contributed by atoms with E-state index in [4.69, 9.17) is 14.6 Å². The van der Waals surface area contributed by atoms with Gasteiger partial charge in [-0.05, 0) is 25.1 Å². The van der Waals surface area contributed by atoms with Gasteiger partial charge in [-0.1, -0.05) is 0 Å². The molecule has 32 heavy (non-hydrogen) atoms. The van der Waals surface area contributed by atoms with Gasteiger partial charge in [-0.2, -0.15) is 0 Å². The molecule has 3 aromatic rings. The molecule has 13 heteroatoms. The minimum absolute atomic E-state index is 0.105. The van der Waals surface area contributed by atoms with Crippen LogP contribution in [-0.2, 0) is 16.6 Å². The van der Waals surface area contributed by atoms with Gasteiger partial charge in [-0.25, -0.2) is 23.5 Å². The number of sulfonamides is 1. The van der Waals surface area contributed by atoms with E-state index in [0.29, 0.717) is 29.0 Å². The van der Waals surface area contributed by atoms with Gasteiger partial charge in [-0.15, -0.1) is 13.2 Å². The van der Waals surface area contributed by atoms with E-state index in [1.165, 1.54) is 13.4 Å². The molecule has 3 rings (SSSR count). The molecule has 0 saturated heterocycles. The number of nitrogens with one attached hydrogen (secondary N) is 1. The first-order chi connectivity index (χ1) is 15.0. The van der Waals surface area contributed by atoms with Crippen LogP contribution in [0.4, 0.5) is 19.0 Å². The first kappa shape index (κ1) is 23.3. The van der Waals surface area contributed by atoms with Crippen molar-refractivity contribution < 1.29 is 35.8 Å². The average Bonchev–Trinajstić information content (AvgIpc) is 2.71. The Morgan fingerprint density at radius 2 is 1.88 bits per heavy atom. The maximum absolute atomic E-state index is 12.8. The van der Waals surface area contributed by atoms with Gasteiger partial charge in [0.05, 0.1) is 29.5 Å². The molecule has 0 radical (unpaired) electrons. The molecule has 0 aliphatic rings. The summed E-state index contributed by atoms with van der Waals surface area (Å²) in [6.07, 6.45) is -3.72. The Morgan fingerprint density at radius 1 is 1.12 bits per heavy atom. The fourth-order valence-electron chi connectivity index (χ4n) is 2.92. The summed E-state index contributed by atoms with van der Waals surface area (Å²) >= 11 is 0. The number of nitrogens with two attached hydrogens (primary N) is 1. The minimum atomic E-state index is -4.97. The van der Waals surface area contributed by atoms with E-state index in [9.17, 15) is 21.6 Å². The van der Waals surface area contributed by atoms with Gasteiger partial charge in [0.1, 0.15) is 29.4 Å². The highest BCUT2D eigenvalue weighted by molar-refractivity contribution is 7.89. The van der Waals surface area contributed by atoms with Gasteiger partial charge in [0.15, 0.2) is 0 Å². The minimum Gasteiger partial charge on any atom is -0.497 e. The summed E-state index contributed by atoms with van der Waals surface area (Å²) in [6, 6.07) is 6.09. The van der Waals surface area contributed by atoms with Gasteiger partial charge >= 0.3 is 6.36 Å². The molecule has 0 bridgehead atoms. The molecule has 0 fully saturated rings. The number of aromatic nitrogens is 2. The van der Waals surface area contributed by atoms with Gasteiger partial charge < -0.3 is 19.5 Å². The Bertz CT molecular complexity index is 1240. The second kappa shape index (κ2) is 9.04. The Hall–Kier alpha value is -3.32. The van der Waals surface area contributed by atoms with Gasteiger partial charge in [-0.3, -0.25) is 0 Å². The van der Waals surface area contributed by atoms with Gasteiger partial charge in [0, 0.05) is 24.2 Å². The Kier molecular flexibility index (Phi) is 6.60. The molecular weight excluding hydrogens is 453 g/mol. The van der Waals surface area contributed by atoms with Crippen LogP contribution in [0.1, 0.15) is 12.5 Å². The third-order valence-corrected chi connectivity index (χ3v) is 5.15. The summed E-state index contributed by atoms with van der Waals surface area (Å²) in [5, 5.41) is 8.46. The highest BCUT2D eigenvalue weighted by Crippen LogP contribution is 2.35. The number of nitrogens with zero attached hydrogens (tertiary/aromatic N) is 2. The molecule has 172 valence electrons. The van der Waals surface area contributed by atoms with Crippen molar-refractivity contribution in [2.75, 3.05) is 19.0 Å². The highest BCUT2D eigenvalue weighted by atomic mass is 32.2. The van der Waals surface area contributed by atoms with E-state index >= 15 is 0 Å². The number of hydrogen-bond acceptors (Lipinski definition) is 8. The number of halogens is 3. The summed E-state index contributed by atoms with van der Waals surface area (Å²) in [4.78, 5) is 7.96. The maximum atomic E-state index is 12.8. The average molecular weight is 472 g/mol. The summed E-state index contributed by atoms with van der Waals surface area (Å²) < 4.78 is 76.6. The molecule has 3 N–H and O–H groups in total. The lowest BCUT2D eigenvalue weighted by Gasteiger charge is -2.16. The molecule has 0 aliphatic heterocycles. The SMILES string of the molecule is CCOc1cc(OC)cc2ncnc(NCc3cc(S(N)(=O)=O)ccc3OC(F)(F)F)c12. The quantitative estimate of drug-likeness (QED) is 0.512. The van der Waals surface area contributed by atoms with Crippen molar-refractivity contribution in [3.8, 4) is 17.2 Å². The summed E-state index contributed by atoms with van der Waals surface area (Å²) in [6.45, 7) is 1.84. The molecule has 0 atom stereocenters. The zero-order chi connectivity index (χ0) is 23.5. The van der Waals surface area contributed by atoms with Crippen molar-refractivity contribution >= 4 is 26.7 Å². The van der Waals surface area contributed by atoms with Crippen LogP contribution < -0.4 is 24.7 Å². The van der Waals surface area contributed by atoms with E-state index in [2.05, 4.69) is 20.0 Å². The van der Waals surface area contributed by atoms with Crippen molar-refractivity contribution in [3.05, 3.63) is 42.2 Å². The van der Waals surface area contributed by atoms with Crippen LogP contribution >= 0.6 is 0 Å². The molecular formula is C19H19F3N4O5S. The van der Waals surface area contributed by atoms with Crippen LogP contribution in [0.5, 0.6) is 17.2 Å². The number of rotatable bonds is 8. The normalized spacial score (nSPS) is 11.9. The second-order valence-corrected chi connectivity index (χ2v) is 7.95. The van der Waals surface area contributed by atoms with Crippen molar-refractivity contribution in [2.45, 2.75) is 24.7 Å². The highest BCUT2D eigenvalue weighted by Gasteiger charge is 2.32. The van der Waals surface area contributed by atoms with Crippen LogP contribution in [0.25, 0.3) is 10.9 Å². The standard InChI is InChI=1S/C19H19F3N4O5S/c1-3-30-16-8-12(29-2)7-14-17(16)18(26-10-25-14)24-9-11-6-13(32(23,27)28)4-5-15(11)31-19(20,21)22/h4-8,10H,3,9H2,1-2H3,(H2,23,27,28)(H,24,25,26). The number of hydrogen-bond donors (Lipinski definition) is 2. The number of alkyl halides is 3. The fraction of sp³-hybridized carbons (Fsp3) is 0.263. The Labute approximate surface area is 181 Å². The molecule has 9 nitrogen and oxygen atoms in total. The number of fused-ring (bicyclic) bond motifs is 1. The first-order valence-corrected chi connectivity index (χ1v) is 10.7. The summed E-state index contributed by atoms with van der Waals surface area (Å²) in [5.74, 6) is 0.560. The Balaban J connectivity index is 2.03. The maximum Gasteiger partial charge on any atom is 0.573 e. The third kappa shape index (κ3) is 5.48. The first-order valence-electron chi connectivity index (χ1n) is 9.12. The predicted octanol–water partition coefficient (Wildman–Crippen LogP) is 3.20. The van der Waals surface area contributed by atoms with E-state index < -0.39 is 22.1 Å². The molecule has 0 saturated carbocycles. The number of methoxy groups -OCH3 is 1. The topological polar surface area (TPSA) is 126 Å². The van der Waals surface area contributed by atoms with Crippen molar-refractivity contribution in [1.82, 2.24) is 9.97 Å². The van der Waals surface area contributed by atoms with Crippen LogP contribution in [0.2, 0.25) is 0 Å². The number of primary sulfonamides is 1. The second-order valence-electron chi connectivity index (χ2n) is 6.39. The van der Waals surface area contributed by atoms with Crippen molar-refractivity contribution in [2.24, 2.45) is 5.14 Å². The molecule has 0 spiro atoms. The van der Waals surface area contributed by atoms with E-state index in [0.717, 1.165) is 18.2 Å². The number of anilines is 1. The monoisotopic (exact) mass is 472 g/mol. The van der Waals surface area contributed by atoms with Crippen molar-refractivity contribution in [3.63, 3.8) is 0 Å². The van der Waals surface area contributed by atoms with E-state index in [1.807, 2.05) is 0 Å². The predicted molar refractivity (Wildman–Crippen MR) is 109 cm³/mol. The van der Waals surface area contributed by atoms with Crippen molar-refractivity contribution in [1.29, 1.82) is 0 Å². The van der Waals surface area contributed by atoms with E-state index in [-0.39, 0.29) is 22.8 Å². The van der Waals surface area contributed by atoms with Gasteiger partial charge in [0.25, 0.3) is 0 Å². The molecule has 0 unspecified atom stereocenters. The lowest BCUT2D eigenvalue weighted by Crippen LogP contribution is -2.19. The zero-order valence-electron chi connectivity index (χ0n) is 16.9. The molecule has 0 aliphatic carbocycles. The van der Waals surface area contributed by atoms with Gasteiger partial charge in [0.2, 0.25) is 10.0 Å². The third-order valence-electron chi connectivity index (χ3n) is 4.24. The lowest BCUT2D eigenvalue weighted by atomic mass is 10.1. The smallest absolute Gasteiger partial charge is 0.497 e. The van der Waals surface area contributed by atoms with Crippen LogP contribution in [0, 0.1) is 0 Å². The summed E-state index contributed by atoms with van der Waals surface area (Å²) in [5.41, 5.74) is 0.363. The van der Waals surface area contributed by atoms with E-state index in [1.54, 1.807) is 19.1 Å². The molecule has 1 aromatic heterocycles. The molecule has 2 aromatic carbocycles. The number of ether oxygens (including phenoxy) is 3. The zero-order valence-corrected chi connectivity index (χ0v) is 17.7. The largest absolute Gasteiger partial charge is 0.573 e. The number of benzene rings is 2. The van der Waals surface area contributed by atoms with Crippen LogP contribution in [-0.4, -0.2) is 38.5 Å². The molecule has 1 heterocycles. The lowest BCUT2D eigenvalue weighted by molar-refractivity contribution is -0.274.